The third-order valence-electron chi connectivity index (χ3n) is 4.35. The third kappa shape index (κ3) is 3.65. The molecule has 1 N–H and O–H groups in total. The standard InChI is InChI=1S/C17H22N2O3/c20-16(18-11-15-6-3-9-22-15)10-17(21)19-8-7-13-4-1-2-5-14(13)12-19/h1-2,4-5,15H,3,6-12H2,(H,18,20). The molecule has 0 radical (unpaired) electrons. The van der Waals surface area contributed by atoms with Crippen molar-refractivity contribution in [2.45, 2.75) is 38.3 Å². The van der Waals surface area contributed by atoms with E-state index in [9.17, 15) is 9.59 Å². The first kappa shape index (κ1) is 15.0. The number of nitrogens with zero attached hydrogens (tertiary/aromatic N) is 1. The summed E-state index contributed by atoms with van der Waals surface area (Å²) in [5.41, 5.74) is 2.48. The van der Waals surface area contributed by atoms with Crippen LogP contribution in [-0.2, 0) is 27.3 Å². The Morgan fingerprint density at radius 1 is 1.27 bits per heavy atom. The SMILES string of the molecule is O=C(CC(=O)N1CCc2ccccc2C1)NCC1CCCO1. The summed E-state index contributed by atoms with van der Waals surface area (Å²) in [6, 6.07) is 8.16. The van der Waals surface area contributed by atoms with Gasteiger partial charge in [0.1, 0.15) is 6.42 Å². The van der Waals surface area contributed by atoms with Crippen molar-refractivity contribution in [2.75, 3.05) is 19.7 Å². The van der Waals surface area contributed by atoms with Gasteiger partial charge in [0.25, 0.3) is 0 Å². The van der Waals surface area contributed by atoms with Crippen molar-refractivity contribution >= 4 is 11.8 Å². The molecule has 0 bridgehead atoms. The maximum atomic E-state index is 12.2. The number of fused-ring (bicyclic) bond motifs is 1. The molecule has 0 spiro atoms. The Labute approximate surface area is 130 Å². The average Bonchev–Trinajstić information content (AvgIpc) is 3.06. The Balaban J connectivity index is 1.46. The topological polar surface area (TPSA) is 58.6 Å². The van der Waals surface area contributed by atoms with Gasteiger partial charge in [0.2, 0.25) is 11.8 Å². The first-order valence-corrected chi connectivity index (χ1v) is 7.95. The lowest BCUT2D eigenvalue weighted by Crippen LogP contribution is -2.40. The van der Waals surface area contributed by atoms with E-state index in [1.807, 2.05) is 18.2 Å². The maximum absolute atomic E-state index is 12.2. The molecule has 2 aliphatic rings. The minimum Gasteiger partial charge on any atom is -0.376 e. The quantitative estimate of drug-likeness (QED) is 0.852. The van der Waals surface area contributed by atoms with Crippen LogP contribution in [0, 0.1) is 0 Å². The summed E-state index contributed by atoms with van der Waals surface area (Å²) < 4.78 is 5.45. The number of hydrogen-bond donors (Lipinski definition) is 1. The van der Waals surface area contributed by atoms with E-state index in [1.165, 1.54) is 11.1 Å². The van der Waals surface area contributed by atoms with Gasteiger partial charge in [0, 0.05) is 26.2 Å². The van der Waals surface area contributed by atoms with Crippen molar-refractivity contribution in [3.8, 4) is 0 Å². The van der Waals surface area contributed by atoms with Crippen LogP contribution in [0.1, 0.15) is 30.4 Å². The second-order valence-electron chi connectivity index (χ2n) is 5.95. The minimum atomic E-state index is -0.209. The summed E-state index contributed by atoms with van der Waals surface area (Å²) in [6.45, 7) is 2.57. The van der Waals surface area contributed by atoms with Crippen molar-refractivity contribution < 1.29 is 14.3 Å². The highest BCUT2D eigenvalue weighted by atomic mass is 16.5. The van der Waals surface area contributed by atoms with Crippen LogP contribution in [0.5, 0.6) is 0 Å². The molecule has 5 nitrogen and oxygen atoms in total. The lowest BCUT2D eigenvalue weighted by atomic mass is 10.00. The number of benzene rings is 1. The summed E-state index contributed by atoms with van der Waals surface area (Å²) in [5, 5.41) is 2.80. The fourth-order valence-corrected chi connectivity index (χ4v) is 3.05. The third-order valence-corrected chi connectivity index (χ3v) is 4.35. The second-order valence-corrected chi connectivity index (χ2v) is 5.95. The van der Waals surface area contributed by atoms with Crippen LogP contribution >= 0.6 is 0 Å². The van der Waals surface area contributed by atoms with Crippen LogP contribution in [0.15, 0.2) is 24.3 Å². The number of nitrogens with one attached hydrogen (secondary N) is 1. The Morgan fingerprint density at radius 3 is 2.86 bits per heavy atom. The summed E-state index contributed by atoms with van der Waals surface area (Å²) in [7, 11) is 0. The average molecular weight is 302 g/mol. The fourth-order valence-electron chi connectivity index (χ4n) is 3.05. The number of amides is 2. The number of hydrogen-bond acceptors (Lipinski definition) is 3. The van der Waals surface area contributed by atoms with Gasteiger partial charge >= 0.3 is 0 Å². The Bertz CT molecular complexity index is 553. The highest BCUT2D eigenvalue weighted by molar-refractivity contribution is 5.96. The van der Waals surface area contributed by atoms with E-state index < -0.39 is 0 Å². The van der Waals surface area contributed by atoms with Crippen molar-refractivity contribution in [3.63, 3.8) is 0 Å². The predicted octanol–water partition coefficient (Wildman–Crippen LogP) is 1.26. The molecule has 0 aromatic heterocycles. The number of ether oxygens (including phenoxy) is 1. The maximum Gasteiger partial charge on any atom is 0.232 e. The minimum absolute atomic E-state index is 0.0745. The molecule has 118 valence electrons. The zero-order chi connectivity index (χ0) is 15.4. The zero-order valence-corrected chi connectivity index (χ0v) is 12.7. The normalized spacial score (nSPS) is 20.5. The molecular weight excluding hydrogens is 280 g/mol. The second kappa shape index (κ2) is 6.92. The number of carbonyl (C=O) groups excluding carboxylic acids is 2. The molecule has 2 heterocycles. The molecule has 1 saturated heterocycles. The van der Waals surface area contributed by atoms with Gasteiger partial charge in [0.05, 0.1) is 6.10 Å². The van der Waals surface area contributed by atoms with Crippen LogP contribution in [0.3, 0.4) is 0 Å². The van der Waals surface area contributed by atoms with Gasteiger partial charge in [-0.05, 0) is 30.4 Å². The van der Waals surface area contributed by atoms with E-state index in [1.54, 1.807) is 4.90 Å². The molecule has 2 amide bonds. The van der Waals surface area contributed by atoms with Gasteiger partial charge < -0.3 is 15.0 Å². The van der Waals surface area contributed by atoms with E-state index in [-0.39, 0.29) is 24.3 Å². The first-order valence-electron chi connectivity index (χ1n) is 7.95. The summed E-state index contributed by atoms with van der Waals surface area (Å²) in [5.74, 6) is -0.307. The first-order chi connectivity index (χ1) is 10.7. The molecule has 1 fully saturated rings. The van der Waals surface area contributed by atoms with Gasteiger partial charge in [-0.3, -0.25) is 9.59 Å². The lowest BCUT2D eigenvalue weighted by molar-refractivity contribution is -0.137. The van der Waals surface area contributed by atoms with Crippen LogP contribution < -0.4 is 5.32 Å². The number of rotatable bonds is 4. The van der Waals surface area contributed by atoms with Crippen molar-refractivity contribution in [1.29, 1.82) is 0 Å². The molecule has 0 saturated carbocycles. The Kier molecular flexibility index (Phi) is 4.73. The summed E-state index contributed by atoms with van der Waals surface area (Å²) >= 11 is 0. The summed E-state index contributed by atoms with van der Waals surface area (Å²) in [6.07, 6.45) is 2.93. The van der Waals surface area contributed by atoms with E-state index in [0.29, 0.717) is 19.6 Å². The van der Waals surface area contributed by atoms with Crippen LogP contribution in [0.4, 0.5) is 0 Å². The van der Waals surface area contributed by atoms with E-state index in [0.717, 1.165) is 25.9 Å². The van der Waals surface area contributed by atoms with E-state index >= 15 is 0 Å². The smallest absolute Gasteiger partial charge is 0.232 e. The predicted molar refractivity (Wildman–Crippen MR) is 82.2 cm³/mol. The lowest BCUT2D eigenvalue weighted by Gasteiger charge is -2.28. The van der Waals surface area contributed by atoms with Gasteiger partial charge in [0.15, 0.2) is 0 Å². The van der Waals surface area contributed by atoms with E-state index in [2.05, 4.69) is 11.4 Å². The Hall–Kier alpha value is -1.88. The van der Waals surface area contributed by atoms with Crippen LogP contribution in [-0.4, -0.2) is 42.5 Å². The van der Waals surface area contributed by atoms with E-state index in [4.69, 9.17) is 4.74 Å². The van der Waals surface area contributed by atoms with Crippen molar-refractivity contribution in [3.05, 3.63) is 35.4 Å². The monoisotopic (exact) mass is 302 g/mol. The van der Waals surface area contributed by atoms with Gasteiger partial charge in [-0.1, -0.05) is 24.3 Å². The largest absolute Gasteiger partial charge is 0.376 e. The molecule has 5 heteroatoms. The molecular formula is C17H22N2O3. The molecule has 1 atom stereocenters. The van der Waals surface area contributed by atoms with Crippen LogP contribution in [0.25, 0.3) is 0 Å². The van der Waals surface area contributed by atoms with Gasteiger partial charge in [-0.15, -0.1) is 0 Å². The molecule has 22 heavy (non-hydrogen) atoms. The van der Waals surface area contributed by atoms with Crippen molar-refractivity contribution in [2.24, 2.45) is 0 Å². The van der Waals surface area contributed by atoms with Gasteiger partial charge in [-0.2, -0.15) is 0 Å². The van der Waals surface area contributed by atoms with Crippen molar-refractivity contribution in [1.82, 2.24) is 10.2 Å². The molecule has 2 aliphatic heterocycles. The fraction of sp³-hybridized carbons (Fsp3) is 0.529. The molecule has 1 aromatic rings. The number of carbonyl (C=O) groups is 2. The van der Waals surface area contributed by atoms with Gasteiger partial charge in [-0.25, -0.2) is 0 Å². The molecule has 1 aromatic carbocycles. The highest BCUT2D eigenvalue weighted by Crippen LogP contribution is 2.19. The summed E-state index contributed by atoms with van der Waals surface area (Å²) in [4.78, 5) is 25.9. The zero-order valence-electron chi connectivity index (χ0n) is 12.7. The Morgan fingerprint density at radius 2 is 2.09 bits per heavy atom. The van der Waals surface area contributed by atoms with Crippen LogP contribution in [0.2, 0.25) is 0 Å². The highest BCUT2D eigenvalue weighted by Gasteiger charge is 2.23. The molecule has 1 unspecified atom stereocenters. The molecule has 0 aliphatic carbocycles. The molecule has 3 rings (SSSR count).